The maximum absolute atomic E-state index is 13.8. The quantitative estimate of drug-likeness (QED) is 0.430. The number of halogens is 2. The number of nitrogens with one attached hydrogen (secondary N) is 1. The molecular formula is C28H37F2N5O7. The van der Waals surface area contributed by atoms with Crippen LogP contribution in [0.4, 0.5) is 18.4 Å². The summed E-state index contributed by atoms with van der Waals surface area (Å²) in [6.45, 7) is 6.53. The molecule has 1 saturated heterocycles. The number of oxazole rings is 1. The van der Waals surface area contributed by atoms with E-state index in [1.54, 1.807) is 39.5 Å². The Hall–Kier alpha value is -4.10. The molecule has 1 aliphatic heterocycles. The van der Waals surface area contributed by atoms with E-state index in [2.05, 4.69) is 15.0 Å². The summed E-state index contributed by atoms with van der Waals surface area (Å²) in [7, 11) is 0. The topological polar surface area (TPSA) is 149 Å². The number of carbonyl (C=O) groups excluding carboxylic acids is 3. The summed E-state index contributed by atoms with van der Waals surface area (Å²) in [4.78, 5) is 45.5. The maximum atomic E-state index is 13.8. The minimum Gasteiger partial charge on any atom is -0.489 e. The molecular weight excluding hydrogens is 556 g/mol. The first-order valence-electron chi connectivity index (χ1n) is 13.8. The molecule has 1 aromatic carbocycles. The lowest BCUT2D eigenvalue weighted by atomic mass is 10.1. The van der Waals surface area contributed by atoms with Gasteiger partial charge >= 0.3 is 18.7 Å². The molecule has 1 unspecified atom stereocenters. The molecule has 1 saturated carbocycles. The minimum atomic E-state index is -3.05. The second kappa shape index (κ2) is 12.4. The largest absolute Gasteiger partial charge is 0.489 e. The maximum Gasteiger partial charge on any atom is 0.408 e. The molecule has 2 atom stereocenters. The van der Waals surface area contributed by atoms with Crippen molar-refractivity contribution in [2.24, 2.45) is 11.7 Å². The van der Waals surface area contributed by atoms with E-state index in [1.807, 2.05) is 0 Å². The van der Waals surface area contributed by atoms with Crippen LogP contribution in [0.2, 0.25) is 0 Å². The van der Waals surface area contributed by atoms with E-state index in [1.165, 1.54) is 23.1 Å². The number of carbonyl (C=O) groups is 3. The van der Waals surface area contributed by atoms with Crippen molar-refractivity contribution in [2.75, 3.05) is 26.2 Å². The van der Waals surface area contributed by atoms with Crippen LogP contribution < -0.4 is 20.5 Å². The molecule has 14 heteroatoms. The predicted molar refractivity (Wildman–Crippen MR) is 146 cm³/mol. The Morgan fingerprint density at radius 1 is 1.19 bits per heavy atom. The average molecular weight is 594 g/mol. The normalized spacial score (nSPS) is 18.0. The van der Waals surface area contributed by atoms with Gasteiger partial charge < -0.3 is 39.5 Å². The molecule has 0 bridgehead atoms. The highest BCUT2D eigenvalue weighted by atomic mass is 19.3. The highest BCUT2D eigenvalue weighted by Crippen LogP contribution is 2.37. The molecule has 4 rings (SSSR count). The predicted octanol–water partition coefficient (Wildman–Crippen LogP) is 4.54. The van der Waals surface area contributed by atoms with E-state index in [4.69, 9.17) is 19.6 Å². The van der Waals surface area contributed by atoms with Crippen LogP contribution in [0, 0.1) is 5.92 Å². The van der Waals surface area contributed by atoms with Crippen LogP contribution in [0.1, 0.15) is 69.8 Å². The molecule has 2 aliphatic rings. The standard InChI is InChI=1S/C28H37F2N5O7/c1-15-13-34(26(31)37)10-11-35(15)24(36)21-22(16(2)32-27(38)42-28(3,4)5)41-23(33-21)18-8-9-19(40-25(29)30)20(12-18)39-14-17-6-7-17/h8-9,12,15-17,25H,6-7,10-11,13-14H2,1-5H3,(H2,31,37)(H,32,38)/t15?,16-/m0/s1. The molecule has 12 nitrogen and oxygen atoms in total. The number of alkyl halides is 2. The Kier molecular flexibility index (Phi) is 9.12. The van der Waals surface area contributed by atoms with Gasteiger partial charge in [0.2, 0.25) is 5.89 Å². The molecule has 3 N–H and O–H groups in total. The molecule has 1 aromatic heterocycles. The van der Waals surface area contributed by atoms with Gasteiger partial charge in [0.1, 0.15) is 5.60 Å². The zero-order chi connectivity index (χ0) is 30.8. The molecule has 230 valence electrons. The van der Waals surface area contributed by atoms with Crippen LogP contribution in [0.15, 0.2) is 22.6 Å². The molecule has 0 radical (unpaired) electrons. The van der Waals surface area contributed by atoms with Gasteiger partial charge in [-0.15, -0.1) is 0 Å². The lowest BCUT2D eigenvalue weighted by Crippen LogP contribution is -2.56. The second-order valence-corrected chi connectivity index (χ2v) is 11.5. The first kappa shape index (κ1) is 30.8. The Balaban J connectivity index is 1.68. The number of urea groups is 1. The van der Waals surface area contributed by atoms with E-state index >= 15 is 0 Å². The number of piperazine rings is 1. The van der Waals surface area contributed by atoms with Gasteiger partial charge in [-0.05, 0) is 71.6 Å². The number of hydrogen-bond acceptors (Lipinski definition) is 8. The second-order valence-electron chi connectivity index (χ2n) is 11.5. The van der Waals surface area contributed by atoms with Crippen molar-refractivity contribution in [1.82, 2.24) is 20.1 Å². The van der Waals surface area contributed by atoms with E-state index in [0.29, 0.717) is 18.1 Å². The van der Waals surface area contributed by atoms with Gasteiger partial charge in [-0.25, -0.2) is 14.6 Å². The van der Waals surface area contributed by atoms with Gasteiger partial charge in [-0.1, -0.05) is 0 Å². The van der Waals surface area contributed by atoms with Gasteiger partial charge in [-0.3, -0.25) is 4.79 Å². The Morgan fingerprint density at radius 3 is 2.50 bits per heavy atom. The molecule has 2 aromatic rings. The van der Waals surface area contributed by atoms with E-state index in [9.17, 15) is 23.2 Å². The zero-order valence-electron chi connectivity index (χ0n) is 24.3. The molecule has 0 spiro atoms. The molecule has 2 fully saturated rings. The first-order chi connectivity index (χ1) is 19.7. The van der Waals surface area contributed by atoms with E-state index in [-0.39, 0.29) is 54.5 Å². The van der Waals surface area contributed by atoms with Gasteiger partial charge in [0, 0.05) is 31.2 Å². The number of nitrogens with zero attached hydrogens (tertiary/aromatic N) is 3. The molecule has 42 heavy (non-hydrogen) atoms. The highest BCUT2D eigenvalue weighted by molar-refractivity contribution is 5.94. The van der Waals surface area contributed by atoms with Gasteiger partial charge in [-0.2, -0.15) is 8.78 Å². The summed E-state index contributed by atoms with van der Waals surface area (Å²) >= 11 is 0. The number of alkyl carbamates (subject to hydrolysis) is 1. The molecule has 4 amide bonds. The monoisotopic (exact) mass is 593 g/mol. The Morgan fingerprint density at radius 2 is 1.90 bits per heavy atom. The van der Waals surface area contributed by atoms with Crippen LogP contribution in [-0.4, -0.2) is 77.3 Å². The summed E-state index contributed by atoms with van der Waals surface area (Å²) in [6.07, 6.45) is 1.26. The fourth-order valence-corrected chi connectivity index (χ4v) is 4.49. The van der Waals surface area contributed by atoms with Crippen molar-refractivity contribution in [3.63, 3.8) is 0 Å². The zero-order valence-corrected chi connectivity index (χ0v) is 24.3. The average Bonchev–Trinajstić information content (AvgIpc) is 3.61. The highest BCUT2D eigenvalue weighted by Gasteiger charge is 2.35. The summed E-state index contributed by atoms with van der Waals surface area (Å²) in [5.41, 5.74) is 4.95. The number of ether oxygens (including phenoxy) is 3. The van der Waals surface area contributed by atoms with E-state index in [0.717, 1.165) is 12.8 Å². The summed E-state index contributed by atoms with van der Waals surface area (Å²) in [5.74, 6) is -0.102. The van der Waals surface area contributed by atoms with Crippen LogP contribution in [0.5, 0.6) is 11.5 Å². The van der Waals surface area contributed by atoms with Crippen LogP contribution in [0.3, 0.4) is 0 Å². The van der Waals surface area contributed by atoms with Crippen LogP contribution in [-0.2, 0) is 4.74 Å². The number of primary amides is 1. The van der Waals surface area contributed by atoms with Gasteiger partial charge in [0.15, 0.2) is 23.0 Å². The Bertz CT molecular complexity index is 1310. The third-order valence-electron chi connectivity index (χ3n) is 6.76. The fraction of sp³-hybridized carbons (Fsp3) is 0.571. The molecule has 2 heterocycles. The summed E-state index contributed by atoms with van der Waals surface area (Å²) < 4.78 is 47.9. The van der Waals surface area contributed by atoms with Crippen molar-refractivity contribution < 1.29 is 41.8 Å². The number of rotatable bonds is 9. The number of nitrogens with two attached hydrogens (primary N) is 1. The van der Waals surface area contributed by atoms with Gasteiger partial charge in [0.05, 0.1) is 12.6 Å². The summed E-state index contributed by atoms with van der Waals surface area (Å²) in [5, 5.41) is 2.67. The number of amides is 4. The number of aromatic nitrogens is 1. The SMILES string of the molecule is CC1CN(C(N)=O)CCN1C(=O)c1nc(-c2ccc(OC(F)F)c(OCC3CC3)c2)oc1[C@H](C)NC(=O)OC(C)(C)C. The first-order valence-corrected chi connectivity index (χ1v) is 13.8. The number of hydrogen-bond donors (Lipinski definition) is 2. The van der Waals surface area contributed by atoms with Crippen LogP contribution in [0.25, 0.3) is 11.5 Å². The van der Waals surface area contributed by atoms with E-state index < -0.39 is 36.3 Å². The number of benzene rings is 1. The van der Waals surface area contributed by atoms with Gasteiger partial charge in [0.25, 0.3) is 5.91 Å². The van der Waals surface area contributed by atoms with Crippen molar-refractivity contribution in [3.05, 3.63) is 29.7 Å². The lowest BCUT2D eigenvalue weighted by Gasteiger charge is -2.38. The van der Waals surface area contributed by atoms with Crippen LogP contribution >= 0.6 is 0 Å². The summed E-state index contributed by atoms with van der Waals surface area (Å²) in [6, 6.07) is 2.45. The third-order valence-corrected chi connectivity index (χ3v) is 6.76. The Labute approximate surface area is 242 Å². The fourth-order valence-electron chi connectivity index (χ4n) is 4.49. The van der Waals surface area contributed by atoms with Crippen molar-refractivity contribution in [2.45, 2.75) is 71.8 Å². The molecule has 1 aliphatic carbocycles. The van der Waals surface area contributed by atoms with Crippen molar-refractivity contribution in [1.29, 1.82) is 0 Å². The lowest BCUT2D eigenvalue weighted by molar-refractivity contribution is -0.0515. The third kappa shape index (κ3) is 7.79. The smallest absolute Gasteiger partial charge is 0.408 e. The minimum absolute atomic E-state index is 0.00878. The van der Waals surface area contributed by atoms with Crippen molar-refractivity contribution >= 4 is 18.0 Å². The van der Waals surface area contributed by atoms with Crippen molar-refractivity contribution in [3.8, 4) is 23.0 Å².